The number of fused-ring (bicyclic) bond motifs is 4. The Balaban J connectivity index is 1.75. The zero-order chi connectivity index (χ0) is 19.5. The number of aliphatic imine (C=N–C) groups is 1. The molecule has 8 heteroatoms. The molecule has 3 aliphatic heterocycles. The van der Waals surface area contributed by atoms with E-state index in [0.29, 0.717) is 30.9 Å². The fourth-order valence-electron chi connectivity index (χ4n) is 4.56. The summed E-state index contributed by atoms with van der Waals surface area (Å²) in [7, 11) is 0. The van der Waals surface area contributed by atoms with E-state index in [-0.39, 0.29) is 29.7 Å². The molecule has 4 heterocycles. The molecule has 0 saturated carbocycles. The minimum absolute atomic E-state index is 0.0687. The second-order valence-electron chi connectivity index (χ2n) is 7.63. The van der Waals surface area contributed by atoms with Gasteiger partial charge < -0.3 is 19.9 Å². The lowest BCUT2D eigenvalue weighted by Crippen LogP contribution is -2.59. The Bertz CT molecular complexity index is 999. The average Bonchev–Trinajstić information content (AvgIpc) is 3.04. The molecule has 1 spiro atoms. The monoisotopic (exact) mass is 387 g/mol. The van der Waals surface area contributed by atoms with Gasteiger partial charge in [-0.15, -0.1) is 0 Å². The molecule has 2 N–H and O–H groups in total. The molecular formula is C20H19F2N3O3. The molecule has 5 rings (SSSR count). The van der Waals surface area contributed by atoms with E-state index in [1.807, 2.05) is 6.92 Å². The van der Waals surface area contributed by atoms with Gasteiger partial charge in [0.25, 0.3) is 6.02 Å². The molecule has 3 aliphatic rings. The van der Waals surface area contributed by atoms with Crippen molar-refractivity contribution in [2.75, 3.05) is 19.8 Å². The van der Waals surface area contributed by atoms with Gasteiger partial charge in [0.2, 0.25) is 5.95 Å². The smallest absolute Gasteiger partial charge is 0.283 e. The summed E-state index contributed by atoms with van der Waals surface area (Å²) in [5, 5.41) is 0. The van der Waals surface area contributed by atoms with Crippen LogP contribution in [0.25, 0.3) is 11.1 Å². The predicted octanol–water partition coefficient (Wildman–Crippen LogP) is 2.75. The van der Waals surface area contributed by atoms with Crippen LogP contribution in [0.3, 0.4) is 0 Å². The van der Waals surface area contributed by atoms with Crippen molar-refractivity contribution in [3.63, 3.8) is 0 Å². The maximum atomic E-state index is 15.0. The summed E-state index contributed by atoms with van der Waals surface area (Å²) >= 11 is 0. The van der Waals surface area contributed by atoms with Gasteiger partial charge in [0.15, 0.2) is 0 Å². The third-order valence-corrected chi connectivity index (χ3v) is 6.02. The molecule has 146 valence electrons. The molecule has 0 bridgehead atoms. The molecular weight excluding hydrogens is 368 g/mol. The summed E-state index contributed by atoms with van der Waals surface area (Å²) in [4.78, 5) is 8.25. The van der Waals surface area contributed by atoms with E-state index in [1.165, 1.54) is 18.3 Å². The first-order chi connectivity index (χ1) is 13.4. The third kappa shape index (κ3) is 2.33. The fourth-order valence-corrected chi connectivity index (χ4v) is 4.56. The first-order valence-electron chi connectivity index (χ1n) is 9.13. The van der Waals surface area contributed by atoms with Gasteiger partial charge in [-0.05, 0) is 25.1 Å². The highest BCUT2D eigenvalue weighted by Crippen LogP contribution is 2.55. The van der Waals surface area contributed by atoms with Crippen molar-refractivity contribution < 1.29 is 23.0 Å². The van der Waals surface area contributed by atoms with Crippen molar-refractivity contribution in [2.45, 2.75) is 24.5 Å². The van der Waals surface area contributed by atoms with E-state index in [9.17, 15) is 8.78 Å². The lowest BCUT2D eigenvalue weighted by molar-refractivity contribution is -0.129. The molecule has 28 heavy (non-hydrogen) atoms. The molecule has 0 amide bonds. The number of hydrogen-bond acceptors (Lipinski definition) is 6. The van der Waals surface area contributed by atoms with Gasteiger partial charge in [0.05, 0.1) is 19.1 Å². The Morgan fingerprint density at radius 3 is 2.86 bits per heavy atom. The molecule has 1 unspecified atom stereocenters. The van der Waals surface area contributed by atoms with Gasteiger partial charge in [-0.1, -0.05) is 0 Å². The molecule has 1 saturated heterocycles. The lowest BCUT2D eigenvalue weighted by Gasteiger charge is -2.52. The van der Waals surface area contributed by atoms with Crippen LogP contribution in [0.15, 0.2) is 35.5 Å². The van der Waals surface area contributed by atoms with Gasteiger partial charge in [-0.25, -0.2) is 14.4 Å². The molecule has 1 aromatic heterocycles. The highest BCUT2D eigenvalue weighted by Gasteiger charge is 2.60. The number of hydrogen-bond donors (Lipinski definition) is 1. The van der Waals surface area contributed by atoms with Crippen molar-refractivity contribution >= 4 is 6.02 Å². The van der Waals surface area contributed by atoms with E-state index in [4.69, 9.17) is 19.9 Å². The zero-order valence-corrected chi connectivity index (χ0v) is 15.2. The normalized spacial score (nSPS) is 30.8. The quantitative estimate of drug-likeness (QED) is 0.762. The van der Waals surface area contributed by atoms with Crippen LogP contribution in [0, 0.1) is 17.7 Å². The fraction of sp³-hybridized carbons (Fsp3) is 0.400. The Labute approximate surface area is 160 Å². The number of rotatable bonds is 1. The zero-order valence-electron chi connectivity index (χ0n) is 15.2. The number of benzene rings is 1. The van der Waals surface area contributed by atoms with Crippen LogP contribution < -0.4 is 10.5 Å². The molecule has 6 nitrogen and oxygen atoms in total. The van der Waals surface area contributed by atoms with E-state index < -0.39 is 22.9 Å². The number of aromatic nitrogens is 1. The first-order valence-corrected chi connectivity index (χ1v) is 9.13. The number of nitrogens with two attached hydrogens (primary N) is 1. The summed E-state index contributed by atoms with van der Waals surface area (Å²) in [6.45, 7) is 3.12. The molecule has 2 aromatic rings. The molecule has 3 atom stereocenters. The number of amidine groups is 1. The standard InChI is InChI=1S/C20H19F2N3O3/c1-19-4-6-26-9-16(19)20(10-27-18(23)25-20)13-7-12(14(21)8-15(13)28-19)11-3-2-5-24-17(11)22/h2-3,5,7-8,16H,4,6,9-10H2,1H3,(H2,23,25)/t16?,19-,20+/m1/s1. The Kier molecular flexibility index (Phi) is 3.64. The van der Waals surface area contributed by atoms with E-state index >= 15 is 0 Å². The van der Waals surface area contributed by atoms with Crippen LogP contribution in [0.4, 0.5) is 8.78 Å². The highest BCUT2D eigenvalue weighted by molar-refractivity contribution is 5.75. The van der Waals surface area contributed by atoms with Crippen molar-refractivity contribution in [1.29, 1.82) is 0 Å². The summed E-state index contributed by atoms with van der Waals surface area (Å²) in [6, 6.07) is 5.98. The minimum Gasteiger partial charge on any atom is -0.486 e. The highest BCUT2D eigenvalue weighted by atomic mass is 19.1. The average molecular weight is 387 g/mol. The van der Waals surface area contributed by atoms with Gasteiger partial charge in [-0.3, -0.25) is 0 Å². The summed E-state index contributed by atoms with van der Waals surface area (Å²) in [5.41, 5.74) is 5.16. The van der Waals surface area contributed by atoms with E-state index in [2.05, 4.69) is 9.98 Å². The van der Waals surface area contributed by atoms with Crippen LogP contribution in [0.1, 0.15) is 18.9 Å². The van der Waals surface area contributed by atoms with Gasteiger partial charge in [0.1, 0.15) is 29.3 Å². The molecule has 1 fully saturated rings. The van der Waals surface area contributed by atoms with Crippen LogP contribution >= 0.6 is 0 Å². The largest absolute Gasteiger partial charge is 0.486 e. The predicted molar refractivity (Wildman–Crippen MR) is 96.8 cm³/mol. The van der Waals surface area contributed by atoms with Crippen molar-refractivity contribution in [1.82, 2.24) is 4.98 Å². The summed E-state index contributed by atoms with van der Waals surface area (Å²) in [6.07, 6.45) is 1.95. The Morgan fingerprint density at radius 1 is 1.25 bits per heavy atom. The van der Waals surface area contributed by atoms with Crippen molar-refractivity contribution in [3.8, 4) is 16.9 Å². The minimum atomic E-state index is -0.881. The molecule has 0 radical (unpaired) electrons. The maximum absolute atomic E-state index is 15.0. The third-order valence-electron chi connectivity index (χ3n) is 6.02. The molecule has 1 aromatic carbocycles. The van der Waals surface area contributed by atoms with Crippen molar-refractivity contribution in [2.24, 2.45) is 16.6 Å². The second kappa shape index (κ2) is 5.88. The van der Waals surface area contributed by atoms with E-state index in [0.717, 1.165) is 0 Å². The van der Waals surface area contributed by atoms with Crippen LogP contribution in [-0.2, 0) is 15.0 Å². The van der Waals surface area contributed by atoms with Gasteiger partial charge in [-0.2, -0.15) is 4.39 Å². The topological polar surface area (TPSA) is 79.0 Å². The van der Waals surface area contributed by atoms with Crippen molar-refractivity contribution in [3.05, 3.63) is 47.8 Å². The first kappa shape index (κ1) is 17.4. The second-order valence-corrected chi connectivity index (χ2v) is 7.63. The van der Waals surface area contributed by atoms with Gasteiger partial charge >= 0.3 is 0 Å². The van der Waals surface area contributed by atoms with Crippen LogP contribution in [0.2, 0.25) is 0 Å². The van der Waals surface area contributed by atoms with Crippen LogP contribution in [0.5, 0.6) is 5.75 Å². The van der Waals surface area contributed by atoms with E-state index in [1.54, 1.807) is 12.1 Å². The number of ether oxygens (including phenoxy) is 3. The molecule has 0 aliphatic carbocycles. The maximum Gasteiger partial charge on any atom is 0.283 e. The Morgan fingerprint density at radius 2 is 2.11 bits per heavy atom. The SMILES string of the molecule is C[C@@]12CCOCC1[C@]1(COC(N)=N1)c1cc(-c3cccnc3F)c(F)cc1O2. The Hall–Kier alpha value is -2.74. The summed E-state index contributed by atoms with van der Waals surface area (Å²) < 4.78 is 46.7. The summed E-state index contributed by atoms with van der Waals surface area (Å²) in [5.74, 6) is -1.15. The number of pyridine rings is 1. The lowest BCUT2D eigenvalue weighted by atomic mass is 9.66. The van der Waals surface area contributed by atoms with Gasteiger partial charge in [0, 0.05) is 35.4 Å². The number of halogens is 2. The number of nitrogens with zero attached hydrogens (tertiary/aromatic N) is 2. The van der Waals surface area contributed by atoms with Crippen LogP contribution in [-0.4, -0.2) is 36.4 Å².